The van der Waals surface area contributed by atoms with Crippen molar-refractivity contribution in [2.45, 2.75) is 19.8 Å². The molecule has 0 radical (unpaired) electrons. The SMILES string of the molecule is Cc1nc(N2CCOCC2)[nH]c(=O)c1CCC(=O)Nc1ccc(-n2cncn2)c(F)c1. The molecule has 1 fully saturated rings. The lowest BCUT2D eigenvalue weighted by atomic mass is 10.1. The standard InChI is InChI=1S/C20H22FN7O3/c1-13-15(19(30)26-20(24-13)27-6-8-31-9-7-27)3-5-18(29)25-14-2-4-17(16(21)10-14)28-12-22-11-23-28/h2,4,10-12H,3,5-9H2,1H3,(H,25,29)(H,24,26,30). The van der Waals surface area contributed by atoms with E-state index in [9.17, 15) is 14.0 Å². The molecule has 1 aliphatic heterocycles. The van der Waals surface area contributed by atoms with E-state index in [0.29, 0.717) is 49.2 Å². The van der Waals surface area contributed by atoms with Crippen LogP contribution in [0, 0.1) is 12.7 Å². The molecular formula is C20H22FN7O3. The highest BCUT2D eigenvalue weighted by Crippen LogP contribution is 2.18. The molecule has 1 aromatic carbocycles. The van der Waals surface area contributed by atoms with Crippen LogP contribution in [-0.4, -0.2) is 56.9 Å². The number of hydrogen-bond donors (Lipinski definition) is 2. The Kier molecular flexibility index (Phi) is 6.03. The van der Waals surface area contributed by atoms with Gasteiger partial charge in [-0.3, -0.25) is 14.6 Å². The largest absolute Gasteiger partial charge is 0.378 e. The van der Waals surface area contributed by atoms with Crippen LogP contribution in [0.1, 0.15) is 17.7 Å². The number of H-pyrrole nitrogens is 1. The summed E-state index contributed by atoms with van der Waals surface area (Å²) in [5.41, 5.74) is 1.33. The summed E-state index contributed by atoms with van der Waals surface area (Å²) in [5, 5.41) is 6.53. The summed E-state index contributed by atoms with van der Waals surface area (Å²) in [6, 6.07) is 4.29. The molecule has 0 aliphatic carbocycles. The summed E-state index contributed by atoms with van der Waals surface area (Å²) in [4.78, 5) is 37.9. The zero-order chi connectivity index (χ0) is 21.8. The molecule has 0 spiro atoms. The number of nitrogens with zero attached hydrogens (tertiary/aromatic N) is 5. The van der Waals surface area contributed by atoms with Crippen LogP contribution in [0.5, 0.6) is 0 Å². The summed E-state index contributed by atoms with van der Waals surface area (Å²) in [6.45, 7) is 4.26. The maximum atomic E-state index is 14.3. The Bertz CT molecular complexity index is 1120. The number of benzene rings is 1. The summed E-state index contributed by atoms with van der Waals surface area (Å²) < 4.78 is 20.9. The van der Waals surface area contributed by atoms with Crippen LogP contribution in [0.15, 0.2) is 35.6 Å². The van der Waals surface area contributed by atoms with Gasteiger partial charge in [-0.25, -0.2) is 19.0 Å². The second kappa shape index (κ2) is 9.04. The lowest BCUT2D eigenvalue weighted by Crippen LogP contribution is -2.38. The number of rotatable bonds is 6. The lowest BCUT2D eigenvalue weighted by molar-refractivity contribution is -0.116. The number of aromatic amines is 1. The molecule has 10 nitrogen and oxygen atoms in total. The van der Waals surface area contributed by atoms with Gasteiger partial charge >= 0.3 is 0 Å². The lowest BCUT2D eigenvalue weighted by Gasteiger charge is -2.27. The van der Waals surface area contributed by atoms with Gasteiger partial charge in [0.15, 0.2) is 5.82 Å². The summed E-state index contributed by atoms with van der Waals surface area (Å²) in [5.74, 6) is -0.357. The fourth-order valence-corrected chi connectivity index (χ4v) is 3.38. The van der Waals surface area contributed by atoms with E-state index >= 15 is 0 Å². The summed E-state index contributed by atoms with van der Waals surface area (Å²) >= 11 is 0. The number of morpholine rings is 1. The highest BCUT2D eigenvalue weighted by Gasteiger charge is 2.17. The molecule has 4 rings (SSSR count). The van der Waals surface area contributed by atoms with Crippen LogP contribution in [0.25, 0.3) is 5.69 Å². The van der Waals surface area contributed by atoms with Crippen molar-refractivity contribution in [2.75, 3.05) is 36.5 Å². The Labute approximate surface area is 177 Å². The number of ether oxygens (including phenoxy) is 1. The molecular weight excluding hydrogens is 405 g/mol. The molecule has 11 heteroatoms. The Hall–Kier alpha value is -3.60. The van der Waals surface area contributed by atoms with Gasteiger partial charge in [0, 0.05) is 36.5 Å². The Morgan fingerprint density at radius 3 is 2.81 bits per heavy atom. The minimum absolute atomic E-state index is 0.0644. The Balaban J connectivity index is 1.38. The maximum Gasteiger partial charge on any atom is 0.255 e. The smallest absolute Gasteiger partial charge is 0.255 e. The number of amides is 1. The van der Waals surface area contributed by atoms with Gasteiger partial charge < -0.3 is 15.0 Å². The van der Waals surface area contributed by atoms with E-state index in [4.69, 9.17) is 4.74 Å². The van der Waals surface area contributed by atoms with Gasteiger partial charge in [-0.05, 0) is 31.5 Å². The number of aromatic nitrogens is 5. The van der Waals surface area contributed by atoms with Crippen molar-refractivity contribution in [3.8, 4) is 5.69 Å². The first-order valence-electron chi connectivity index (χ1n) is 9.88. The Morgan fingerprint density at radius 1 is 1.32 bits per heavy atom. The molecule has 3 heterocycles. The van der Waals surface area contributed by atoms with Gasteiger partial charge in [0.2, 0.25) is 11.9 Å². The average molecular weight is 427 g/mol. The third-order valence-electron chi connectivity index (χ3n) is 5.02. The van der Waals surface area contributed by atoms with Gasteiger partial charge in [0.1, 0.15) is 18.3 Å². The quantitative estimate of drug-likeness (QED) is 0.607. The topological polar surface area (TPSA) is 118 Å². The first-order valence-corrected chi connectivity index (χ1v) is 9.88. The van der Waals surface area contributed by atoms with E-state index in [0.717, 1.165) is 0 Å². The van der Waals surface area contributed by atoms with Crippen LogP contribution in [-0.2, 0) is 16.0 Å². The van der Waals surface area contributed by atoms with Gasteiger partial charge in [0.25, 0.3) is 5.56 Å². The zero-order valence-electron chi connectivity index (χ0n) is 17.0. The normalized spacial score (nSPS) is 13.9. The molecule has 1 aliphatic rings. The third-order valence-corrected chi connectivity index (χ3v) is 5.02. The zero-order valence-corrected chi connectivity index (χ0v) is 17.0. The van der Waals surface area contributed by atoms with Crippen LogP contribution in [0.2, 0.25) is 0 Å². The number of halogens is 1. The van der Waals surface area contributed by atoms with E-state index in [-0.39, 0.29) is 30.0 Å². The molecule has 0 atom stereocenters. The van der Waals surface area contributed by atoms with E-state index in [1.54, 1.807) is 13.0 Å². The van der Waals surface area contributed by atoms with E-state index in [2.05, 4.69) is 25.4 Å². The van der Waals surface area contributed by atoms with Gasteiger partial charge in [-0.1, -0.05) is 0 Å². The Morgan fingerprint density at radius 2 is 2.13 bits per heavy atom. The van der Waals surface area contributed by atoms with Gasteiger partial charge in [-0.2, -0.15) is 5.10 Å². The number of anilines is 2. The minimum atomic E-state index is -0.543. The van der Waals surface area contributed by atoms with Crippen molar-refractivity contribution in [1.82, 2.24) is 24.7 Å². The number of carbonyl (C=O) groups excluding carboxylic acids is 1. The first kappa shape index (κ1) is 20.7. The molecule has 3 aromatic rings. The molecule has 162 valence electrons. The van der Waals surface area contributed by atoms with E-state index in [1.807, 2.05) is 4.90 Å². The number of nitrogens with one attached hydrogen (secondary N) is 2. The fraction of sp³-hybridized carbons (Fsp3) is 0.350. The van der Waals surface area contributed by atoms with Crippen molar-refractivity contribution in [3.63, 3.8) is 0 Å². The second-order valence-corrected chi connectivity index (χ2v) is 7.11. The maximum absolute atomic E-state index is 14.3. The van der Waals surface area contributed by atoms with Crippen molar-refractivity contribution < 1.29 is 13.9 Å². The van der Waals surface area contributed by atoms with E-state index in [1.165, 1.54) is 29.5 Å². The summed E-state index contributed by atoms with van der Waals surface area (Å²) in [6.07, 6.45) is 2.98. The second-order valence-electron chi connectivity index (χ2n) is 7.11. The van der Waals surface area contributed by atoms with Crippen molar-refractivity contribution in [3.05, 3.63) is 58.3 Å². The van der Waals surface area contributed by atoms with Gasteiger partial charge in [0.05, 0.1) is 13.2 Å². The molecule has 1 saturated heterocycles. The molecule has 1 amide bonds. The van der Waals surface area contributed by atoms with Crippen molar-refractivity contribution in [1.29, 1.82) is 0 Å². The fourth-order valence-electron chi connectivity index (χ4n) is 3.38. The molecule has 31 heavy (non-hydrogen) atoms. The molecule has 2 aromatic heterocycles. The first-order chi connectivity index (χ1) is 15.0. The monoisotopic (exact) mass is 427 g/mol. The van der Waals surface area contributed by atoms with Crippen LogP contribution in [0.3, 0.4) is 0 Å². The average Bonchev–Trinajstić information content (AvgIpc) is 3.28. The van der Waals surface area contributed by atoms with E-state index < -0.39 is 5.82 Å². The number of aryl methyl sites for hydroxylation is 1. The van der Waals surface area contributed by atoms with Crippen molar-refractivity contribution >= 4 is 17.5 Å². The molecule has 2 N–H and O–H groups in total. The van der Waals surface area contributed by atoms with Crippen molar-refractivity contribution in [2.24, 2.45) is 0 Å². The molecule has 0 bridgehead atoms. The predicted molar refractivity (Wildman–Crippen MR) is 111 cm³/mol. The third kappa shape index (κ3) is 4.77. The number of carbonyl (C=O) groups is 1. The molecule has 0 unspecified atom stereocenters. The van der Waals surface area contributed by atoms with Gasteiger partial charge in [-0.15, -0.1) is 0 Å². The molecule has 0 saturated carbocycles. The number of hydrogen-bond acceptors (Lipinski definition) is 7. The van der Waals surface area contributed by atoms with Crippen LogP contribution < -0.4 is 15.8 Å². The highest BCUT2D eigenvalue weighted by atomic mass is 19.1. The predicted octanol–water partition coefficient (Wildman–Crippen LogP) is 1.21. The van der Waals surface area contributed by atoms with Crippen LogP contribution >= 0.6 is 0 Å². The highest BCUT2D eigenvalue weighted by molar-refractivity contribution is 5.90. The van der Waals surface area contributed by atoms with Crippen LogP contribution in [0.4, 0.5) is 16.0 Å². The summed E-state index contributed by atoms with van der Waals surface area (Å²) in [7, 11) is 0. The minimum Gasteiger partial charge on any atom is -0.378 e.